The number of hydrogen-bond donors (Lipinski definition) is 1. The van der Waals surface area contributed by atoms with Gasteiger partial charge in [0.15, 0.2) is 0 Å². The molecule has 0 bridgehead atoms. The standard InChI is InChI=1S/C16H23FN2O2/c1-3-19-9-7-13(8-10-19)18(2)11-12-5-4-6-14(15(12)17)16(20)21/h4-6,13H,3,7-11H2,1-2H3,(H,20,21). The molecule has 0 amide bonds. The van der Waals surface area contributed by atoms with E-state index >= 15 is 0 Å². The van der Waals surface area contributed by atoms with E-state index < -0.39 is 11.8 Å². The van der Waals surface area contributed by atoms with E-state index in [2.05, 4.69) is 16.7 Å². The summed E-state index contributed by atoms with van der Waals surface area (Å²) in [6.07, 6.45) is 2.15. The van der Waals surface area contributed by atoms with Crippen molar-refractivity contribution in [1.29, 1.82) is 0 Å². The summed E-state index contributed by atoms with van der Waals surface area (Å²) in [5.41, 5.74) is 0.206. The Hall–Kier alpha value is -1.46. The first-order valence-corrected chi connectivity index (χ1v) is 7.46. The summed E-state index contributed by atoms with van der Waals surface area (Å²) in [6, 6.07) is 5.01. The van der Waals surface area contributed by atoms with Crippen LogP contribution in [0, 0.1) is 5.82 Å². The van der Waals surface area contributed by atoms with Crippen LogP contribution < -0.4 is 0 Å². The van der Waals surface area contributed by atoms with Crippen molar-refractivity contribution in [2.45, 2.75) is 32.4 Å². The fourth-order valence-electron chi connectivity index (χ4n) is 2.94. The van der Waals surface area contributed by atoms with E-state index in [9.17, 15) is 9.18 Å². The Balaban J connectivity index is 2.02. The first-order valence-electron chi connectivity index (χ1n) is 7.46. The van der Waals surface area contributed by atoms with Crippen LogP contribution in [0.15, 0.2) is 18.2 Å². The Bertz CT molecular complexity index is 499. The van der Waals surface area contributed by atoms with E-state index in [4.69, 9.17) is 5.11 Å². The van der Waals surface area contributed by atoms with E-state index in [1.165, 1.54) is 6.07 Å². The largest absolute Gasteiger partial charge is 0.478 e. The lowest BCUT2D eigenvalue weighted by molar-refractivity contribution is 0.0691. The smallest absolute Gasteiger partial charge is 0.338 e. The van der Waals surface area contributed by atoms with Crippen molar-refractivity contribution < 1.29 is 14.3 Å². The van der Waals surface area contributed by atoms with Gasteiger partial charge in [0.1, 0.15) is 5.82 Å². The molecule has 1 heterocycles. The van der Waals surface area contributed by atoms with Crippen LogP contribution in [-0.2, 0) is 6.54 Å². The normalized spacial score (nSPS) is 17.3. The van der Waals surface area contributed by atoms with Gasteiger partial charge in [-0.2, -0.15) is 0 Å². The minimum atomic E-state index is -1.21. The summed E-state index contributed by atoms with van der Waals surface area (Å²) >= 11 is 0. The second-order valence-corrected chi connectivity index (χ2v) is 5.66. The first kappa shape index (κ1) is 15.9. The average Bonchev–Trinajstić information content (AvgIpc) is 2.49. The highest BCUT2D eigenvalue weighted by atomic mass is 19.1. The summed E-state index contributed by atoms with van der Waals surface area (Å²) in [4.78, 5) is 15.5. The van der Waals surface area contributed by atoms with Crippen LogP contribution in [0.1, 0.15) is 35.7 Å². The Morgan fingerprint density at radius 1 is 1.43 bits per heavy atom. The van der Waals surface area contributed by atoms with Crippen molar-refractivity contribution in [2.75, 3.05) is 26.7 Å². The number of carboxylic acid groups (broad SMARTS) is 1. The number of likely N-dealkylation sites (tertiary alicyclic amines) is 1. The average molecular weight is 294 g/mol. The number of carbonyl (C=O) groups is 1. The van der Waals surface area contributed by atoms with Crippen LogP contribution in [0.25, 0.3) is 0 Å². The predicted octanol–water partition coefficient (Wildman–Crippen LogP) is 2.44. The van der Waals surface area contributed by atoms with Crippen LogP contribution in [-0.4, -0.2) is 53.6 Å². The molecule has 1 fully saturated rings. The van der Waals surface area contributed by atoms with E-state index in [-0.39, 0.29) is 5.56 Å². The Morgan fingerprint density at radius 2 is 2.10 bits per heavy atom. The topological polar surface area (TPSA) is 43.8 Å². The number of aromatic carboxylic acids is 1. The van der Waals surface area contributed by atoms with Crippen LogP contribution in [0.5, 0.6) is 0 Å². The van der Waals surface area contributed by atoms with E-state index in [0.29, 0.717) is 18.2 Å². The molecular weight excluding hydrogens is 271 g/mol. The van der Waals surface area contributed by atoms with Gasteiger partial charge in [-0.25, -0.2) is 9.18 Å². The number of carboxylic acids is 1. The molecule has 0 atom stereocenters. The van der Waals surface area contributed by atoms with Gasteiger partial charge in [-0.3, -0.25) is 4.90 Å². The van der Waals surface area contributed by atoms with Crippen LogP contribution in [0.2, 0.25) is 0 Å². The molecule has 1 saturated heterocycles. The molecule has 0 spiro atoms. The number of nitrogens with zero attached hydrogens (tertiary/aromatic N) is 2. The van der Waals surface area contributed by atoms with Crippen molar-refractivity contribution in [1.82, 2.24) is 9.80 Å². The molecule has 0 aliphatic carbocycles. The number of rotatable bonds is 5. The fraction of sp³-hybridized carbons (Fsp3) is 0.562. The summed E-state index contributed by atoms with van der Waals surface area (Å²) < 4.78 is 14.2. The summed E-state index contributed by atoms with van der Waals surface area (Å²) in [7, 11) is 1.99. The summed E-state index contributed by atoms with van der Waals surface area (Å²) in [5.74, 6) is -1.82. The monoisotopic (exact) mass is 294 g/mol. The second kappa shape index (κ2) is 7.00. The molecule has 1 aromatic rings. The Labute approximate surface area is 125 Å². The molecule has 0 saturated carbocycles. The van der Waals surface area contributed by atoms with E-state index in [1.54, 1.807) is 12.1 Å². The number of halogens is 1. The predicted molar refractivity (Wildman–Crippen MR) is 80.0 cm³/mol. The number of hydrogen-bond acceptors (Lipinski definition) is 3. The minimum Gasteiger partial charge on any atom is -0.478 e. The molecule has 0 aromatic heterocycles. The maximum atomic E-state index is 14.2. The van der Waals surface area contributed by atoms with Crippen molar-refractivity contribution in [3.8, 4) is 0 Å². The molecule has 116 valence electrons. The van der Waals surface area contributed by atoms with Gasteiger partial charge < -0.3 is 10.0 Å². The van der Waals surface area contributed by atoms with Gasteiger partial charge in [-0.1, -0.05) is 19.1 Å². The lowest BCUT2D eigenvalue weighted by atomic mass is 10.0. The fourth-order valence-corrected chi connectivity index (χ4v) is 2.94. The lowest BCUT2D eigenvalue weighted by Gasteiger charge is -2.36. The van der Waals surface area contributed by atoms with Crippen LogP contribution >= 0.6 is 0 Å². The molecule has 4 nitrogen and oxygen atoms in total. The number of benzene rings is 1. The van der Waals surface area contributed by atoms with Crippen molar-refractivity contribution >= 4 is 5.97 Å². The maximum Gasteiger partial charge on any atom is 0.338 e. The molecule has 1 N–H and O–H groups in total. The Kier molecular flexibility index (Phi) is 5.31. The molecule has 21 heavy (non-hydrogen) atoms. The van der Waals surface area contributed by atoms with Gasteiger partial charge in [-0.05, 0) is 45.6 Å². The summed E-state index contributed by atoms with van der Waals surface area (Å²) in [6.45, 7) is 5.83. The highest BCUT2D eigenvalue weighted by molar-refractivity contribution is 5.88. The highest BCUT2D eigenvalue weighted by Gasteiger charge is 2.23. The van der Waals surface area contributed by atoms with Crippen molar-refractivity contribution in [3.63, 3.8) is 0 Å². The Morgan fingerprint density at radius 3 is 2.67 bits per heavy atom. The van der Waals surface area contributed by atoms with Crippen LogP contribution in [0.3, 0.4) is 0 Å². The second-order valence-electron chi connectivity index (χ2n) is 5.66. The van der Waals surface area contributed by atoms with Crippen molar-refractivity contribution in [2.24, 2.45) is 0 Å². The van der Waals surface area contributed by atoms with Gasteiger partial charge in [0.2, 0.25) is 0 Å². The molecule has 1 aliphatic rings. The third-order valence-electron chi connectivity index (χ3n) is 4.36. The third-order valence-corrected chi connectivity index (χ3v) is 4.36. The first-order chi connectivity index (χ1) is 10.0. The molecule has 1 aliphatic heterocycles. The number of piperidine rings is 1. The lowest BCUT2D eigenvalue weighted by Crippen LogP contribution is -2.43. The van der Waals surface area contributed by atoms with E-state index in [1.807, 2.05) is 7.05 Å². The van der Waals surface area contributed by atoms with Crippen LogP contribution in [0.4, 0.5) is 4.39 Å². The van der Waals surface area contributed by atoms with Gasteiger partial charge in [0.05, 0.1) is 5.56 Å². The molecule has 0 unspecified atom stereocenters. The quantitative estimate of drug-likeness (QED) is 0.906. The van der Waals surface area contributed by atoms with Gasteiger partial charge in [0.25, 0.3) is 0 Å². The third kappa shape index (κ3) is 3.80. The zero-order valence-corrected chi connectivity index (χ0v) is 12.7. The molecular formula is C16H23FN2O2. The molecule has 2 rings (SSSR count). The zero-order valence-electron chi connectivity index (χ0n) is 12.7. The SMILES string of the molecule is CCN1CCC(N(C)Cc2cccc(C(=O)O)c2F)CC1. The highest BCUT2D eigenvalue weighted by Crippen LogP contribution is 2.20. The van der Waals surface area contributed by atoms with Crippen molar-refractivity contribution in [3.05, 3.63) is 35.1 Å². The minimum absolute atomic E-state index is 0.248. The molecule has 1 aromatic carbocycles. The van der Waals surface area contributed by atoms with Gasteiger partial charge >= 0.3 is 5.97 Å². The molecule has 0 radical (unpaired) electrons. The summed E-state index contributed by atoms with van der Waals surface area (Å²) in [5, 5.41) is 8.97. The van der Waals surface area contributed by atoms with Gasteiger partial charge in [-0.15, -0.1) is 0 Å². The zero-order chi connectivity index (χ0) is 15.4. The van der Waals surface area contributed by atoms with E-state index in [0.717, 1.165) is 32.5 Å². The molecule has 5 heteroatoms. The maximum absolute atomic E-state index is 14.2. The van der Waals surface area contributed by atoms with Gasteiger partial charge in [0, 0.05) is 18.2 Å².